The predicted molar refractivity (Wildman–Crippen MR) is 84.7 cm³/mol. The lowest BCUT2D eigenvalue weighted by atomic mass is 10.0. The summed E-state index contributed by atoms with van der Waals surface area (Å²) in [6.45, 7) is 0.670. The van der Waals surface area contributed by atoms with E-state index < -0.39 is 0 Å². The number of phenolic OH excluding ortho intramolecular Hbond substituents is 1. The molecule has 1 aromatic carbocycles. The third kappa shape index (κ3) is 2.07. The highest BCUT2D eigenvalue weighted by atomic mass is 127. The summed E-state index contributed by atoms with van der Waals surface area (Å²) in [5.74, 6) is -0.00989. The minimum absolute atomic E-state index is 0.0476. The number of fused-ring (bicyclic) bond motifs is 1. The number of aliphatic hydroxyl groups is 1. The topological polar surface area (TPSA) is 60.8 Å². The summed E-state index contributed by atoms with van der Waals surface area (Å²) in [6, 6.07) is 2.71. The van der Waals surface area contributed by atoms with Gasteiger partial charge in [0.15, 0.2) is 0 Å². The Morgan fingerprint density at radius 1 is 1.30 bits per heavy atom. The highest BCUT2D eigenvalue weighted by Crippen LogP contribution is 2.41. The van der Waals surface area contributed by atoms with Gasteiger partial charge in [-0.25, -0.2) is 0 Å². The third-order valence-electron chi connectivity index (χ3n) is 3.83. The van der Waals surface area contributed by atoms with Gasteiger partial charge < -0.3 is 15.1 Å². The number of hydrogen-bond donors (Lipinski definition) is 2. The first kappa shape index (κ1) is 14.0. The van der Waals surface area contributed by atoms with Gasteiger partial charge in [-0.1, -0.05) is 11.6 Å². The van der Waals surface area contributed by atoms with Crippen LogP contribution in [0.3, 0.4) is 0 Å². The summed E-state index contributed by atoms with van der Waals surface area (Å²) in [4.78, 5) is 14.2. The molecule has 0 spiro atoms. The fraction of sp³-hybridized carbons (Fsp3) is 0.357. The number of hydrogen-bond acceptors (Lipinski definition) is 3. The number of benzene rings is 1. The number of piperidine rings is 1. The van der Waals surface area contributed by atoms with E-state index in [9.17, 15) is 15.0 Å². The molecule has 0 saturated carbocycles. The van der Waals surface area contributed by atoms with Gasteiger partial charge >= 0.3 is 0 Å². The third-order valence-corrected chi connectivity index (χ3v) is 4.98. The molecule has 0 aliphatic carbocycles. The van der Waals surface area contributed by atoms with Crippen LogP contribution in [-0.4, -0.2) is 33.6 Å². The Labute approximate surface area is 135 Å². The van der Waals surface area contributed by atoms with Gasteiger partial charge in [0.25, 0.3) is 5.91 Å². The molecule has 1 amide bonds. The maximum atomic E-state index is 12.5. The zero-order valence-corrected chi connectivity index (χ0v) is 13.5. The first-order valence-electron chi connectivity index (χ1n) is 6.43. The maximum Gasteiger partial charge on any atom is 0.258 e. The predicted octanol–water partition coefficient (Wildman–Crippen LogP) is 3.31. The molecular weight excluding hydrogens is 393 g/mol. The van der Waals surface area contributed by atoms with Gasteiger partial charge in [-0.3, -0.25) is 4.79 Å². The molecule has 20 heavy (non-hydrogen) atoms. The van der Waals surface area contributed by atoms with Crippen molar-refractivity contribution in [1.29, 1.82) is 0 Å². The standard InChI is InChI=1S/C14H13ClINO3/c15-8-5-7(18)6-9(16)11(8)12-13(19)10-3-1-2-4-17(10)14(12)20/h5-6,10,18-19H,1-4H2. The molecule has 0 radical (unpaired) electrons. The second-order valence-corrected chi connectivity index (χ2v) is 6.62. The Morgan fingerprint density at radius 3 is 2.70 bits per heavy atom. The summed E-state index contributed by atoms with van der Waals surface area (Å²) in [5, 5.41) is 20.2. The summed E-state index contributed by atoms with van der Waals surface area (Å²) >= 11 is 8.18. The van der Waals surface area contributed by atoms with E-state index in [1.54, 1.807) is 4.90 Å². The largest absolute Gasteiger partial charge is 0.509 e. The molecule has 2 aliphatic heterocycles. The average Bonchev–Trinajstić information content (AvgIpc) is 2.64. The molecular formula is C14H13ClINO3. The Kier molecular flexibility index (Phi) is 3.58. The van der Waals surface area contributed by atoms with Crippen LogP contribution >= 0.6 is 34.2 Å². The Hall–Kier alpha value is -0.950. The van der Waals surface area contributed by atoms with Crippen molar-refractivity contribution >= 4 is 45.7 Å². The number of nitrogens with zero attached hydrogens (tertiary/aromatic N) is 1. The number of aromatic hydroxyl groups is 1. The molecule has 0 bridgehead atoms. The maximum absolute atomic E-state index is 12.5. The Bertz CT molecular complexity index is 606. The number of carbonyl (C=O) groups is 1. The first-order chi connectivity index (χ1) is 9.50. The molecule has 6 heteroatoms. The molecule has 2 N–H and O–H groups in total. The number of halogens is 2. The van der Waals surface area contributed by atoms with Crippen molar-refractivity contribution in [2.45, 2.75) is 25.3 Å². The van der Waals surface area contributed by atoms with Crippen LogP contribution in [0.15, 0.2) is 17.9 Å². The van der Waals surface area contributed by atoms with Crippen LogP contribution < -0.4 is 0 Å². The zero-order chi connectivity index (χ0) is 14.4. The summed E-state index contributed by atoms with van der Waals surface area (Å²) in [6.07, 6.45) is 2.75. The Morgan fingerprint density at radius 2 is 2.05 bits per heavy atom. The van der Waals surface area contributed by atoms with Gasteiger partial charge in [0.05, 0.1) is 16.6 Å². The van der Waals surface area contributed by atoms with Gasteiger partial charge in [-0.2, -0.15) is 0 Å². The van der Waals surface area contributed by atoms with E-state index in [2.05, 4.69) is 0 Å². The highest BCUT2D eigenvalue weighted by molar-refractivity contribution is 14.1. The Balaban J connectivity index is 2.14. The van der Waals surface area contributed by atoms with Crippen molar-refractivity contribution in [3.8, 4) is 5.75 Å². The van der Waals surface area contributed by atoms with Crippen LogP contribution in [0.25, 0.3) is 5.57 Å². The molecule has 1 unspecified atom stereocenters. The van der Waals surface area contributed by atoms with Crippen molar-refractivity contribution in [3.63, 3.8) is 0 Å². The molecule has 4 nitrogen and oxygen atoms in total. The summed E-state index contributed by atoms with van der Waals surface area (Å²) in [5.41, 5.74) is 0.799. The molecule has 1 saturated heterocycles. The number of aliphatic hydroxyl groups excluding tert-OH is 1. The summed E-state index contributed by atoms with van der Waals surface area (Å²) in [7, 11) is 0. The number of phenols is 1. The smallest absolute Gasteiger partial charge is 0.258 e. The van der Waals surface area contributed by atoms with Crippen LogP contribution in [0.2, 0.25) is 5.02 Å². The van der Waals surface area contributed by atoms with Crippen molar-refractivity contribution in [2.24, 2.45) is 0 Å². The second-order valence-electron chi connectivity index (χ2n) is 5.05. The molecule has 1 atom stereocenters. The van der Waals surface area contributed by atoms with Gasteiger partial charge in [-0.15, -0.1) is 0 Å². The second kappa shape index (κ2) is 5.11. The fourth-order valence-electron chi connectivity index (χ4n) is 2.91. The minimum Gasteiger partial charge on any atom is -0.509 e. The van der Waals surface area contributed by atoms with Gasteiger partial charge in [0.1, 0.15) is 11.5 Å². The molecule has 106 valence electrons. The van der Waals surface area contributed by atoms with E-state index in [0.717, 1.165) is 19.3 Å². The molecule has 3 rings (SSSR count). The molecule has 1 fully saturated rings. The quantitative estimate of drug-likeness (QED) is 0.705. The van der Waals surface area contributed by atoms with Crippen LogP contribution in [0, 0.1) is 3.57 Å². The normalized spacial score (nSPS) is 22.4. The monoisotopic (exact) mass is 405 g/mol. The highest BCUT2D eigenvalue weighted by Gasteiger charge is 2.42. The van der Waals surface area contributed by atoms with Crippen LogP contribution in [0.4, 0.5) is 0 Å². The van der Waals surface area contributed by atoms with E-state index in [-0.39, 0.29) is 34.1 Å². The fourth-order valence-corrected chi connectivity index (χ4v) is 4.26. The van der Waals surface area contributed by atoms with E-state index in [1.807, 2.05) is 22.6 Å². The van der Waals surface area contributed by atoms with E-state index in [4.69, 9.17) is 11.6 Å². The molecule has 2 aliphatic rings. The minimum atomic E-state index is -0.216. The lowest BCUT2D eigenvalue weighted by molar-refractivity contribution is -0.126. The van der Waals surface area contributed by atoms with Gasteiger partial charge in [0.2, 0.25) is 0 Å². The van der Waals surface area contributed by atoms with Crippen molar-refractivity contribution in [3.05, 3.63) is 32.0 Å². The van der Waals surface area contributed by atoms with Crippen LogP contribution in [0.1, 0.15) is 24.8 Å². The van der Waals surface area contributed by atoms with Gasteiger partial charge in [0, 0.05) is 15.7 Å². The number of rotatable bonds is 1. The van der Waals surface area contributed by atoms with E-state index in [1.165, 1.54) is 12.1 Å². The van der Waals surface area contributed by atoms with Crippen molar-refractivity contribution in [2.75, 3.05) is 6.54 Å². The van der Waals surface area contributed by atoms with E-state index >= 15 is 0 Å². The average molecular weight is 406 g/mol. The lowest BCUT2D eigenvalue weighted by Gasteiger charge is -2.29. The van der Waals surface area contributed by atoms with Gasteiger partial charge in [-0.05, 0) is 54.0 Å². The number of carbonyl (C=O) groups excluding carboxylic acids is 1. The zero-order valence-electron chi connectivity index (χ0n) is 10.6. The molecule has 2 heterocycles. The van der Waals surface area contributed by atoms with Crippen LogP contribution in [0.5, 0.6) is 5.75 Å². The van der Waals surface area contributed by atoms with Crippen molar-refractivity contribution in [1.82, 2.24) is 4.90 Å². The molecule has 0 aromatic heterocycles. The first-order valence-corrected chi connectivity index (χ1v) is 7.89. The van der Waals surface area contributed by atoms with Crippen molar-refractivity contribution < 1.29 is 15.0 Å². The lowest BCUT2D eigenvalue weighted by Crippen LogP contribution is -2.39. The SMILES string of the molecule is O=C1C(c2c(Cl)cc(O)cc2I)=C(O)C2CCCCN12. The van der Waals surface area contributed by atoms with Crippen LogP contribution in [-0.2, 0) is 4.79 Å². The number of amides is 1. The van der Waals surface area contributed by atoms with E-state index in [0.29, 0.717) is 15.7 Å². The summed E-state index contributed by atoms with van der Waals surface area (Å²) < 4.78 is 0.655. The molecule has 1 aromatic rings.